The molecule has 102 valence electrons. The summed E-state index contributed by atoms with van der Waals surface area (Å²) in [5.74, 6) is -1.62. The van der Waals surface area contributed by atoms with Crippen LogP contribution in [-0.4, -0.2) is 33.4 Å². The molecule has 1 atom stereocenters. The number of aliphatic carboxylic acids is 1. The van der Waals surface area contributed by atoms with Gasteiger partial charge >= 0.3 is 5.97 Å². The molecule has 0 aliphatic carbocycles. The molecule has 0 bridgehead atoms. The molecule has 5 heteroatoms. The number of benzene rings is 1. The van der Waals surface area contributed by atoms with E-state index in [1.807, 2.05) is 36.4 Å². The van der Waals surface area contributed by atoms with E-state index >= 15 is 0 Å². The van der Waals surface area contributed by atoms with E-state index in [2.05, 4.69) is 4.98 Å². The Kier molecular flexibility index (Phi) is 3.10. The van der Waals surface area contributed by atoms with E-state index in [4.69, 9.17) is 5.11 Å². The third-order valence-electron chi connectivity index (χ3n) is 3.57. The van der Waals surface area contributed by atoms with Gasteiger partial charge in [-0.25, -0.2) is 0 Å². The minimum atomic E-state index is -0.910. The molecule has 2 heterocycles. The molecular formula is C15H14N2O3. The Bertz CT molecular complexity index is 684. The van der Waals surface area contributed by atoms with Crippen LogP contribution in [0.5, 0.6) is 0 Å². The summed E-state index contributed by atoms with van der Waals surface area (Å²) in [6, 6.07) is 11.6. The molecule has 3 rings (SSSR count). The maximum atomic E-state index is 11.8. The standard InChI is InChI=1S/C15H14N2O3/c18-14-7-11(15(19)20)8-17(14)9-12-6-5-10-3-1-2-4-13(10)16-12/h1-6,11H,7-9H2,(H,19,20). The lowest BCUT2D eigenvalue weighted by Crippen LogP contribution is -2.26. The number of hydrogen-bond donors (Lipinski definition) is 1. The predicted molar refractivity (Wildman–Crippen MR) is 72.9 cm³/mol. The molecule has 5 nitrogen and oxygen atoms in total. The van der Waals surface area contributed by atoms with Crippen molar-refractivity contribution >= 4 is 22.8 Å². The Hall–Kier alpha value is -2.43. The van der Waals surface area contributed by atoms with Gasteiger partial charge in [0.25, 0.3) is 0 Å². The largest absolute Gasteiger partial charge is 0.481 e. The second-order valence-electron chi connectivity index (χ2n) is 5.01. The van der Waals surface area contributed by atoms with Crippen molar-refractivity contribution in [1.29, 1.82) is 0 Å². The molecule has 0 spiro atoms. The van der Waals surface area contributed by atoms with Gasteiger partial charge < -0.3 is 10.0 Å². The van der Waals surface area contributed by atoms with Gasteiger partial charge in [0, 0.05) is 18.4 Å². The monoisotopic (exact) mass is 270 g/mol. The van der Waals surface area contributed by atoms with Gasteiger partial charge in [-0.05, 0) is 12.1 Å². The van der Waals surface area contributed by atoms with Crippen LogP contribution in [-0.2, 0) is 16.1 Å². The van der Waals surface area contributed by atoms with Crippen LogP contribution in [0.4, 0.5) is 0 Å². The molecule has 2 aromatic rings. The van der Waals surface area contributed by atoms with E-state index in [1.54, 1.807) is 4.90 Å². The number of fused-ring (bicyclic) bond motifs is 1. The number of pyridine rings is 1. The summed E-state index contributed by atoms with van der Waals surface area (Å²) in [6.07, 6.45) is 0.0862. The third-order valence-corrected chi connectivity index (χ3v) is 3.57. The van der Waals surface area contributed by atoms with E-state index in [0.29, 0.717) is 6.54 Å². The first kappa shape index (κ1) is 12.6. The Morgan fingerprint density at radius 2 is 2.10 bits per heavy atom. The summed E-state index contributed by atoms with van der Waals surface area (Å²) in [7, 11) is 0. The van der Waals surface area contributed by atoms with Crippen molar-refractivity contribution in [2.24, 2.45) is 5.92 Å². The fraction of sp³-hybridized carbons (Fsp3) is 0.267. The second-order valence-corrected chi connectivity index (χ2v) is 5.01. The van der Waals surface area contributed by atoms with Crippen LogP contribution in [0.1, 0.15) is 12.1 Å². The molecule has 1 aliphatic rings. The predicted octanol–water partition coefficient (Wildman–Crippen LogP) is 1.67. The van der Waals surface area contributed by atoms with E-state index in [9.17, 15) is 9.59 Å². The molecule has 1 fully saturated rings. The summed E-state index contributed by atoms with van der Waals surface area (Å²) in [6.45, 7) is 0.635. The maximum Gasteiger partial charge on any atom is 0.308 e. The fourth-order valence-corrected chi connectivity index (χ4v) is 2.48. The number of nitrogens with zero attached hydrogens (tertiary/aromatic N) is 2. The van der Waals surface area contributed by atoms with E-state index < -0.39 is 11.9 Å². The van der Waals surface area contributed by atoms with Crippen molar-refractivity contribution in [3.05, 3.63) is 42.1 Å². The molecule has 1 aromatic carbocycles. The zero-order chi connectivity index (χ0) is 14.1. The maximum absolute atomic E-state index is 11.8. The van der Waals surface area contributed by atoms with Gasteiger partial charge in [-0.3, -0.25) is 14.6 Å². The van der Waals surface area contributed by atoms with Gasteiger partial charge in [-0.15, -0.1) is 0 Å². The molecule has 1 aromatic heterocycles. The van der Waals surface area contributed by atoms with Gasteiger partial charge in [0.05, 0.1) is 23.7 Å². The van der Waals surface area contributed by atoms with Gasteiger partial charge in [-0.2, -0.15) is 0 Å². The number of para-hydroxylation sites is 1. The van der Waals surface area contributed by atoms with E-state index in [0.717, 1.165) is 16.6 Å². The van der Waals surface area contributed by atoms with Gasteiger partial charge in [-0.1, -0.05) is 24.3 Å². The number of amides is 1. The second kappa shape index (κ2) is 4.92. The Morgan fingerprint density at radius 3 is 2.85 bits per heavy atom. The number of carboxylic acid groups (broad SMARTS) is 1. The lowest BCUT2D eigenvalue weighted by atomic mass is 10.1. The number of aromatic nitrogens is 1. The summed E-state index contributed by atoms with van der Waals surface area (Å²) in [4.78, 5) is 28.8. The minimum absolute atomic E-state index is 0.0862. The van der Waals surface area contributed by atoms with Crippen molar-refractivity contribution in [3.8, 4) is 0 Å². The van der Waals surface area contributed by atoms with E-state index in [-0.39, 0.29) is 18.9 Å². The average molecular weight is 270 g/mol. The first-order chi connectivity index (χ1) is 9.63. The lowest BCUT2D eigenvalue weighted by Gasteiger charge is -2.15. The number of hydrogen-bond acceptors (Lipinski definition) is 3. The molecule has 0 radical (unpaired) electrons. The quantitative estimate of drug-likeness (QED) is 0.921. The Morgan fingerprint density at radius 1 is 1.30 bits per heavy atom. The normalized spacial score (nSPS) is 18.7. The molecule has 20 heavy (non-hydrogen) atoms. The van der Waals surface area contributed by atoms with Crippen LogP contribution >= 0.6 is 0 Å². The Labute approximate surface area is 115 Å². The molecule has 1 aliphatic heterocycles. The first-order valence-electron chi connectivity index (χ1n) is 6.49. The molecule has 1 saturated heterocycles. The molecule has 0 saturated carbocycles. The lowest BCUT2D eigenvalue weighted by molar-refractivity contribution is -0.141. The van der Waals surface area contributed by atoms with Crippen molar-refractivity contribution < 1.29 is 14.7 Å². The zero-order valence-corrected chi connectivity index (χ0v) is 10.8. The molecule has 1 unspecified atom stereocenters. The summed E-state index contributed by atoms with van der Waals surface area (Å²) in [5.41, 5.74) is 1.66. The van der Waals surface area contributed by atoms with E-state index in [1.165, 1.54) is 0 Å². The first-order valence-corrected chi connectivity index (χ1v) is 6.49. The summed E-state index contributed by atoms with van der Waals surface area (Å²) >= 11 is 0. The zero-order valence-electron chi connectivity index (χ0n) is 10.8. The SMILES string of the molecule is O=C(O)C1CC(=O)N(Cc2ccc3ccccc3n2)C1. The Balaban J connectivity index is 1.79. The highest BCUT2D eigenvalue weighted by Crippen LogP contribution is 2.20. The van der Waals surface area contributed by atoms with Crippen LogP contribution in [0.25, 0.3) is 10.9 Å². The van der Waals surface area contributed by atoms with Gasteiger partial charge in [0.2, 0.25) is 5.91 Å². The summed E-state index contributed by atoms with van der Waals surface area (Å²) in [5, 5.41) is 10.0. The van der Waals surface area contributed by atoms with Crippen LogP contribution in [0.15, 0.2) is 36.4 Å². The number of rotatable bonds is 3. The molecule has 1 N–H and O–H groups in total. The van der Waals surface area contributed by atoms with Crippen LogP contribution in [0.2, 0.25) is 0 Å². The van der Waals surface area contributed by atoms with Gasteiger partial charge in [0.1, 0.15) is 0 Å². The van der Waals surface area contributed by atoms with Crippen molar-refractivity contribution in [2.45, 2.75) is 13.0 Å². The highest BCUT2D eigenvalue weighted by atomic mass is 16.4. The molecular weight excluding hydrogens is 256 g/mol. The number of carbonyl (C=O) groups is 2. The summed E-state index contributed by atoms with van der Waals surface area (Å²) < 4.78 is 0. The number of carbonyl (C=O) groups excluding carboxylic acids is 1. The smallest absolute Gasteiger partial charge is 0.308 e. The molecule has 1 amide bonds. The van der Waals surface area contributed by atoms with Crippen molar-refractivity contribution in [2.75, 3.05) is 6.54 Å². The average Bonchev–Trinajstić information content (AvgIpc) is 2.80. The van der Waals surface area contributed by atoms with Gasteiger partial charge in [0.15, 0.2) is 0 Å². The highest BCUT2D eigenvalue weighted by molar-refractivity contribution is 5.86. The topological polar surface area (TPSA) is 70.5 Å². The number of carboxylic acids is 1. The fourth-order valence-electron chi connectivity index (χ4n) is 2.48. The van der Waals surface area contributed by atoms with Crippen LogP contribution in [0, 0.1) is 5.92 Å². The van der Waals surface area contributed by atoms with Crippen molar-refractivity contribution in [1.82, 2.24) is 9.88 Å². The minimum Gasteiger partial charge on any atom is -0.481 e. The highest BCUT2D eigenvalue weighted by Gasteiger charge is 2.34. The van der Waals surface area contributed by atoms with Crippen molar-refractivity contribution in [3.63, 3.8) is 0 Å². The third kappa shape index (κ3) is 2.34. The van der Waals surface area contributed by atoms with Crippen LogP contribution < -0.4 is 0 Å². The van der Waals surface area contributed by atoms with Crippen LogP contribution in [0.3, 0.4) is 0 Å². The number of likely N-dealkylation sites (tertiary alicyclic amines) is 1.